The van der Waals surface area contributed by atoms with Crippen molar-refractivity contribution in [1.29, 1.82) is 0 Å². The molecule has 172 valence electrons. The minimum atomic E-state index is -0.298. The number of nitrogens with zero attached hydrogens (tertiary/aromatic N) is 4. The van der Waals surface area contributed by atoms with Crippen molar-refractivity contribution in [1.82, 2.24) is 9.78 Å². The van der Waals surface area contributed by atoms with E-state index in [1.54, 1.807) is 12.1 Å². The van der Waals surface area contributed by atoms with E-state index in [1.165, 1.54) is 4.68 Å². The van der Waals surface area contributed by atoms with Gasteiger partial charge in [0.15, 0.2) is 0 Å². The summed E-state index contributed by atoms with van der Waals surface area (Å²) in [6, 6.07) is 26.9. The fourth-order valence-corrected chi connectivity index (χ4v) is 4.76. The van der Waals surface area contributed by atoms with Crippen LogP contribution in [0.2, 0.25) is 0 Å². The Morgan fingerprint density at radius 2 is 1.51 bits per heavy atom. The van der Waals surface area contributed by atoms with Gasteiger partial charge < -0.3 is 9.64 Å². The first-order valence-electron chi connectivity index (χ1n) is 11.6. The van der Waals surface area contributed by atoms with E-state index >= 15 is 0 Å². The molecule has 1 fully saturated rings. The van der Waals surface area contributed by atoms with Crippen molar-refractivity contribution in [3.63, 3.8) is 0 Å². The van der Waals surface area contributed by atoms with Gasteiger partial charge in [-0.2, -0.15) is 9.78 Å². The van der Waals surface area contributed by atoms with Crippen LogP contribution in [0.3, 0.4) is 0 Å². The molecule has 0 radical (unpaired) electrons. The van der Waals surface area contributed by atoms with E-state index in [0.29, 0.717) is 30.0 Å². The molecule has 0 amide bonds. The Bertz CT molecular complexity index is 1630. The third-order valence-corrected chi connectivity index (χ3v) is 6.51. The molecule has 0 spiro atoms. The topological polar surface area (TPSA) is 76.8 Å². The molecule has 1 aromatic heterocycles. The minimum absolute atomic E-state index is 0.163. The maximum atomic E-state index is 13.7. The second kappa shape index (κ2) is 8.77. The third kappa shape index (κ3) is 3.66. The van der Waals surface area contributed by atoms with Crippen molar-refractivity contribution in [2.24, 2.45) is 5.18 Å². The predicted octanol–water partition coefficient (Wildman–Crippen LogP) is 5.44. The largest absolute Gasteiger partial charge is 0.378 e. The third-order valence-electron chi connectivity index (χ3n) is 6.51. The quantitative estimate of drug-likeness (QED) is 0.333. The summed E-state index contributed by atoms with van der Waals surface area (Å²) < 4.78 is 6.79. The molecule has 1 aliphatic heterocycles. The summed E-state index contributed by atoms with van der Waals surface area (Å²) in [6.07, 6.45) is 0. The van der Waals surface area contributed by atoms with Crippen LogP contribution in [0.25, 0.3) is 38.5 Å². The molecule has 5 aromatic rings. The van der Waals surface area contributed by atoms with Gasteiger partial charge in [0, 0.05) is 29.7 Å². The molecular weight excluding hydrogens is 440 g/mol. The molecule has 0 saturated carbocycles. The van der Waals surface area contributed by atoms with Crippen LogP contribution in [0.4, 0.5) is 11.4 Å². The van der Waals surface area contributed by atoms with E-state index in [-0.39, 0.29) is 11.2 Å². The van der Waals surface area contributed by atoms with Gasteiger partial charge in [0.25, 0.3) is 5.56 Å². The zero-order valence-corrected chi connectivity index (χ0v) is 18.9. The van der Waals surface area contributed by atoms with Gasteiger partial charge >= 0.3 is 0 Å². The molecule has 7 heteroatoms. The molecule has 1 saturated heterocycles. The molecule has 4 aromatic carbocycles. The lowest BCUT2D eigenvalue weighted by atomic mass is 9.99. The molecule has 0 atom stereocenters. The first-order valence-corrected chi connectivity index (χ1v) is 11.6. The zero-order valence-electron chi connectivity index (χ0n) is 18.9. The molecule has 0 bridgehead atoms. The van der Waals surface area contributed by atoms with E-state index in [0.717, 1.165) is 40.5 Å². The van der Waals surface area contributed by atoms with Crippen molar-refractivity contribution >= 4 is 32.9 Å². The highest BCUT2D eigenvalue weighted by molar-refractivity contribution is 6.03. The summed E-state index contributed by atoms with van der Waals surface area (Å²) in [5.41, 5.74) is 2.71. The van der Waals surface area contributed by atoms with Gasteiger partial charge in [-0.05, 0) is 40.2 Å². The highest BCUT2D eigenvalue weighted by atomic mass is 16.5. The van der Waals surface area contributed by atoms with Gasteiger partial charge in [-0.25, -0.2) is 0 Å². The number of anilines is 1. The maximum absolute atomic E-state index is 13.7. The summed E-state index contributed by atoms with van der Waals surface area (Å²) >= 11 is 0. The van der Waals surface area contributed by atoms with Crippen LogP contribution < -0.4 is 10.5 Å². The Hall–Kier alpha value is -4.36. The summed E-state index contributed by atoms with van der Waals surface area (Å²) in [5.74, 6) is 0. The molecule has 35 heavy (non-hydrogen) atoms. The fourth-order valence-electron chi connectivity index (χ4n) is 4.76. The van der Waals surface area contributed by atoms with Gasteiger partial charge in [-0.1, -0.05) is 60.7 Å². The van der Waals surface area contributed by atoms with Gasteiger partial charge in [0.05, 0.1) is 24.3 Å². The lowest BCUT2D eigenvalue weighted by molar-refractivity contribution is 0.122. The minimum Gasteiger partial charge on any atom is -0.378 e. The smallest absolute Gasteiger partial charge is 0.279 e. The molecule has 0 N–H and O–H groups in total. The first kappa shape index (κ1) is 21.2. The number of nitroso groups, excluding NO2 is 1. The molecule has 6 rings (SSSR count). The molecule has 1 aliphatic rings. The van der Waals surface area contributed by atoms with Crippen LogP contribution in [0.1, 0.15) is 0 Å². The Kier molecular flexibility index (Phi) is 5.31. The van der Waals surface area contributed by atoms with Gasteiger partial charge in [0.2, 0.25) is 0 Å². The van der Waals surface area contributed by atoms with Crippen LogP contribution in [0, 0.1) is 4.91 Å². The van der Waals surface area contributed by atoms with Crippen LogP contribution in [0.15, 0.2) is 94.9 Å². The van der Waals surface area contributed by atoms with E-state index in [4.69, 9.17) is 9.84 Å². The number of hydrogen-bond acceptors (Lipinski definition) is 6. The van der Waals surface area contributed by atoms with E-state index in [9.17, 15) is 9.70 Å². The number of hydrogen-bond donors (Lipinski definition) is 0. The average molecular weight is 463 g/mol. The standard InChI is InChI=1S/C28H22N4O3/c33-28-24-10-4-3-9-23(24)27(22-11-5-7-19-6-1-2-8-21(19)22)29-32(28)26-18-20(12-13-25(26)30-34)31-14-16-35-17-15-31/h1-13,18H,14-17H2. The number of ether oxygens (including phenoxy) is 1. The summed E-state index contributed by atoms with van der Waals surface area (Å²) in [6.45, 7) is 2.72. The Labute approximate surface area is 201 Å². The van der Waals surface area contributed by atoms with Crippen LogP contribution in [0.5, 0.6) is 0 Å². The summed E-state index contributed by atoms with van der Waals surface area (Å²) in [5, 5.41) is 11.5. The van der Waals surface area contributed by atoms with Gasteiger partial charge in [0.1, 0.15) is 11.4 Å². The molecule has 2 heterocycles. The normalized spacial score (nSPS) is 13.9. The van der Waals surface area contributed by atoms with Crippen molar-refractivity contribution < 1.29 is 4.74 Å². The molecular formula is C28H22N4O3. The van der Waals surface area contributed by atoms with Crippen LogP contribution >= 0.6 is 0 Å². The number of morpholine rings is 1. The monoisotopic (exact) mass is 462 g/mol. The number of aromatic nitrogens is 2. The second-order valence-corrected chi connectivity index (χ2v) is 8.50. The van der Waals surface area contributed by atoms with E-state index in [2.05, 4.69) is 22.2 Å². The number of benzene rings is 4. The lowest BCUT2D eigenvalue weighted by Gasteiger charge is -2.29. The average Bonchev–Trinajstić information content (AvgIpc) is 2.93. The van der Waals surface area contributed by atoms with Gasteiger partial charge in [-0.15, -0.1) is 4.91 Å². The number of fused-ring (bicyclic) bond motifs is 2. The van der Waals surface area contributed by atoms with Crippen molar-refractivity contribution in [2.75, 3.05) is 31.2 Å². The molecule has 0 aliphatic carbocycles. The van der Waals surface area contributed by atoms with E-state index < -0.39 is 0 Å². The van der Waals surface area contributed by atoms with E-state index in [1.807, 2.05) is 60.7 Å². The highest BCUT2D eigenvalue weighted by Crippen LogP contribution is 2.33. The highest BCUT2D eigenvalue weighted by Gasteiger charge is 2.19. The summed E-state index contributed by atoms with van der Waals surface area (Å²) in [4.78, 5) is 27.6. The van der Waals surface area contributed by atoms with Crippen molar-refractivity contribution in [3.05, 3.63) is 100 Å². The van der Waals surface area contributed by atoms with Crippen LogP contribution in [-0.2, 0) is 4.74 Å². The Balaban J connectivity index is 1.64. The second-order valence-electron chi connectivity index (χ2n) is 8.50. The Morgan fingerprint density at radius 3 is 2.31 bits per heavy atom. The zero-order chi connectivity index (χ0) is 23.8. The first-order chi connectivity index (χ1) is 17.2. The van der Waals surface area contributed by atoms with Gasteiger partial charge in [-0.3, -0.25) is 4.79 Å². The molecule has 7 nitrogen and oxygen atoms in total. The fraction of sp³-hybridized carbons (Fsp3) is 0.143. The van der Waals surface area contributed by atoms with Crippen molar-refractivity contribution in [2.45, 2.75) is 0 Å². The predicted molar refractivity (Wildman–Crippen MR) is 139 cm³/mol. The Morgan fingerprint density at radius 1 is 0.800 bits per heavy atom. The molecule has 0 unspecified atom stereocenters. The maximum Gasteiger partial charge on any atom is 0.279 e. The van der Waals surface area contributed by atoms with Crippen molar-refractivity contribution in [3.8, 4) is 16.9 Å². The van der Waals surface area contributed by atoms with Crippen LogP contribution in [-0.4, -0.2) is 36.1 Å². The number of rotatable bonds is 4. The summed E-state index contributed by atoms with van der Waals surface area (Å²) in [7, 11) is 0. The SMILES string of the molecule is O=Nc1ccc(N2CCOCC2)cc1-n1nc(-c2cccc3ccccc23)c2ccccc2c1=O. The lowest BCUT2D eigenvalue weighted by Crippen LogP contribution is -2.36.